The fourth-order valence-corrected chi connectivity index (χ4v) is 6.48. The van der Waals surface area contributed by atoms with E-state index in [9.17, 15) is 14.4 Å². The van der Waals surface area contributed by atoms with E-state index in [0.29, 0.717) is 63.0 Å². The Bertz CT molecular complexity index is 1070. The van der Waals surface area contributed by atoms with Crippen molar-refractivity contribution in [3.8, 4) is 5.75 Å². The molecule has 0 spiro atoms. The Morgan fingerprint density at radius 2 is 1.42 bits per heavy atom. The van der Waals surface area contributed by atoms with Crippen LogP contribution < -0.4 is 4.74 Å². The van der Waals surface area contributed by atoms with Crippen LogP contribution in [0.4, 0.5) is 0 Å². The van der Waals surface area contributed by atoms with Crippen LogP contribution in [0, 0.1) is 10.8 Å². The zero-order valence-electron chi connectivity index (χ0n) is 19.0. The molecule has 0 fully saturated rings. The van der Waals surface area contributed by atoms with Crippen molar-refractivity contribution in [2.75, 3.05) is 6.61 Å². The molecule has 0 aromatic heterocycles. The summed E-state index contributed by atoms with van der Waals surface area (Å²) in [4.78, 5) is 37.7. The highest BCUT2D eigenvalue weighted by Crippen LogP contribution is 2.54. The van der Waals surface area contributed by atoms with Gasteiger partial charge in [-0.05, 0) is 60.4 Å². The van der Waals surface area contributed by atoms with Crippen molar-refractivity contribution in [2.45, 2.75) is 59.3 Å². The summed E-state index contributed by atoms with van der Waals surface area (Å²) in [5, 5.41) is 8.96. The Kier molecular flexibility index (Phi) is 6.15. The van der Waals surface area contributed by atoms with Gasteiger partial charge in [-0.1, -0.05) is 27.7 Å². The van der Waals surface area contributed by atoms with Crippen molar-refractivity contribution < 1.29 is 29.0 Å². The van der Waals surface area contributed by atoms with E-state index in [2.05, 4.69) is 59.6 Å². The maximum atomic E-state index is 13.4. The van der Waals surface area contributed by atoms with Crippen LogP contribution in [0.3, 0.4) is 0 Å². The number of ketones is 2. The Morgan fingerprint density at radius 1 is 0.970 bits per heavy atom. The third kappa shape index (κ3) is 4.69. The van der Waals surface area contributed by atoms with Crippen molar-refractivity contribution in [1.82, 2.24) is 0 Å². The summed E-state index contributed by atoms with van der Waals surface area (Å²) in [5.41, 5.74) is 1.42. The molecular formula is C25H26Br2O6. The molecule has 1 aliphatic heterocycles. The second-order valence-electron chi connectivity index (χ2n) is 10.6. The number of ether oxygens (including phenoxy) is 2. The highest BCUT2D eigenvalue weighted by Gasteiger charge is 2.48. The number of hydrogen-bond donors (Lipinski definition) is 1. The molecule has 8 heteroatoms. The van der Waals surface area contributed by atoms with Crippen LogP contribution in [-0.4, -0.2) is 29.2 Å². The molecule has 0 saturated carbocycles. The first-order valence-electron chi connectivity index (χ1n) is 10.8. The summed E-state index contributed by atoms with van der Waals surface area (Å²) >= 11 is 6.95. The van der Waals surface area contributed by atoms with Gasteiger partial charge in [-0.2, -0.15) is 0 Å². The van der Waals surface area contributed by atoms with E-state index in [0.717, 1.165) is 5.56 Å². The number of allylic oxidation sites excluding steroid dienone is 4. The monoisotopic (exact) mass is 580 g/mol. The lowest BCUT2D eigenvalue weighted by atomic mass is 9.65. The van der Waals surface area contributed by atoms with Gasteiger partial charge in [-0.25, -0.2) is 4.79 Å². The Labute approximate surface area is 209 Å². The smallest absolute Gasteiger partial charge is 0.341 e. The zero-order valence-corrected chi connectivity index (χ0v) is 22.2. The van der Waals surface area contributed by atoms with Crippen LogP contribution in [-0.2, 0) is 19.1 Å². The van der Waals surface area contributed by atoms with Gasteiger partial charge in [0.1, 0.15) is 17.3 Å². The van der Waals surface area contributed by atoms with Crippen molar-refractivity contribution in [3.05, 3.63) is 49.3 Å². The van der Waals surface area contributed by atoms with Gasteiger partial charge in [0.25, 0.3) is 0 Å². The molecule has 0 amide bonds. The molecule has 33 heavy (non-hydrogen) atoms. The van der Waals surface area contributed by atoms with E-state index < -0.39 is 18.5 Å². The molecule has 4 rings (SSSR count). The lowest BCUT2D eigenvalue weighted by Crippen LogP contribution is -2.37. The number of benzene rings is 1. The standard InChI is InChI=1S/C25H26Br2O6/c1-24(2)7-15(28)21-17(9-24)33-18-10-25(3,4)8-16(29)22(18)20(21)12-5-13(26)23(14(27)6-12)32-11-19(30)31/h5-6,20H,7-11H2,1-4H3,(H,30,31). The number of halogens is 2. The number of carboxylic acids is 1. The van der Waals surface area contributed by atoms with Gasteiger partial charge in [0, 0.05) is 42.7 Å². The average molecular weight is 582 g/mol. The fraction of sp³-hybridized carbons (Fsp3) is 0.480. The number of aliphatic carboxylic acids is 1. The topological polar surface area (TPSA) is 89.9 Å². The largest absolute Gasteiger partial charge is 0.480 e. The summed E-state index contributed by atoms with van der Waals surface area (Å²) in [6.07, 6.45) is 2.02. The van der Waals surface area contributed by atoms with Crippen LogP contribution in [0.5, 0.6) is 5.75 Å². The first-order valence-corrected chi connectivity index (χ1v) is 12.4. The summed E-state index contributed by atoms with van der Waals surface area (Å²) in [7, 11) is 0. The van der Waals surface area contributed by atoms with E-state index in [1.165, 1.54) is 0 Å². The predicted octanol–water partition coefficient (Wildman–Crippen LogP) is 6.08. The minimum atomic E-state index is -1.09. The molecule has 176 valence electrons. The second-order valence-corrected chi connectivity index (χ2v) is 12.3. The van der Waals surface area contributed by atoms with Crippen LogP contribution in [0.1, 0.15) is 64.9 Å². The minimum Gasteiger partial charge on any atom is -0.480 e. The fourth-order valence-electron chi connectivity index (χ4n) is 5.03. The van der Waals surface area contributed by atoms with Gasteiger partial charge in [-0.15, -0.1) is 0 Å². The maximum absolute atomic E-state index is 13.4. The Hall–Kier alpha value is -1.93. The molecule has 1 aromatic carbocycles. The number of carbonyl (C=O) groups is 3. The van der Waals surface area contributed by atoms with Crippen molar-refractivity contribution in [3.63, 3.8) is 0 Å². The number of rotatable bonds is 4. The first kappa shape index (κ1) is 24.2. The predicted molar refractivity (Wildman–Crippen MR) is 129 cm³/mol. The average Bonchev–Trinajstić information content (AvgIpc) is 2.63. The van der Waals surface area contributed by atoms with Crippen LogP contribution in [0.15, 0.2) is 43.7 Å². The lowest BCUT2D eigenvalue weighted by Gasteiger charge is -2.42. The second kappa shape index (κ2) is 8.38. The summed E-state index contributed by atoms with van der Waals surface area (Å²) in [6.45, 7) is 7.71. The summed E-state index contributed by atoms with van der Waals surface area (Å²) in [6, 6.07) is 3.60. The van der Waals surface area contributed by atoms with E-state index in [1.807, 2.05) is 0 Å². The third-order valence-corrected chi connectivity index (χ3v) is 7.45. The zero-order chi connectivity index (χ0) is 24.3. The molecule has 2 aliphatic carbocycles. The van der Waals surface area contributed by atoms with Crippen molar-refractivity contribution in [1.29, 1.82) is 0 Å². The SMILES string of the molecule is CC1(C)CC(=O)C2=C(C1)OC1=C(C(=O)CC(C)(C)C1)C2c1cc(Br)c(OCC(=O)O)c(Br)c1. The van der Waals surface area contributed by atoms with Gasteiger partial charge >= 0.3 is 5.97 Å². The Balaban J connectivity index is 1.87. The van der Waals surface area contributed by atoms with Gasteiger partial charge in [0.05, 0.1) is 8.95 Å². The number of carboxylic acid groups (broad SMARTS) is 1. The third-order valence-electron chi connectivity index (χ3n) is 6.28. The molecule has 1 aromatic rings. The molecule has 0 bridgehead atoms. The molecule has 1 N–H and O–H groups in total. The summed E-state index contributed by atoms with van der Waals surface area (Å²) < 4.78 is 12.8. The molecule has 6 nitrogen and oxygen atoms in total. The summed E-state index contributed by atoms with van der Waals surface area (Å²) in [5.74, 6) is 0.0364. The van der Waals surface area contributed by atoms with Gasteiger partial charge in [-0.3, -0.25) is 9.59 Å². The highest BCUT2D eigenvalue weighted by molar-refractivity contribution is 9.11. The number of Topliss-reactive ketones (excluding diaryl/α,β-unsaturated/α-hetero) is 2. The quantitative estimate of drug-likeness (QED) is 0.464. The number of hydrogen-bond acceptors (Lipinski definition) is 5. The lowest BCUT2D eigenvalue weighted by molar-refractivity contribution is -0.139. The van der Waals surface area contributed by atoms with E-state index in [1.54, 1.807) is 12.1 Å². The van der Waals surface area contributed by atoms with Gasteiger partial charge in [0.15, 0.2) is 18.2 Å². The maximum Gasteiger partial charge on any atom is 0.341 e. The molecule has 3 aliphatic rings. The van der Waals surface area contributed by atoms with Crippen molar-refractivity contribution >= 4 is 49.4 Å². The molecular weight excluding hydrogens is 556 g/mol. The first-order chi connectivity index (χ1) is 15.3. The van der Waals surface area contributed by atoms with E-state index >= 15 is 0 Å². The number of carbonyl (C=O) groups excluding carboxylic acids is 2. The van der Waals surface area contributed by atoms with E-state index in [-0.39, 0.29) is 22.4 Å². The normalized spacial score (nSPS) is 22.0. The highest BCUT2D eigenvalue weighted by atomic mass is 79.9. The molecule has 0 atom stereocenters. The van der Waals surface area contributed by atoms with Gasteiger partial charge < -0.3 is 14.6 Å². The molecule has 0 saturated heterocycles. The van der Waals surface area contributed by atoms with Crippen LogP contribution >= 0.6 is 31.9 Å². The van der Waals surface area contributed by atoms with E-state index in [4.69, 9.17) is 14.6 Å². The van der Waals surface area contributed by atoms with Crippen molar-refractivity contribution in [2.24, 2.45) is 10.8 Å². The van der Waals surface area contributed by atoms with Crippen LogP contribution in [0.2, 0.25) is 0 Å². The molecule has 1 heterocycles. The van der Waals surface area contributed by atoms with Gasteiger partial charge in [0.2, 0.25) is 0 Å². The van der Waals surface area contributed by atoms with Crippen LogP contribution in [0.25, 0.3) is 0 Å². The molecule has 0 unspecified atom stereocenters. The minimum absolute atomic E-state index is 0.00566. The molecule has 0 radical (unpaired) electrons. The Morgan fingerprint density at radius 3 is 1.85 bits per heavy atom.